The standard InChI is InChI=1S/C20H27N/c1-15-10-12-17(13-11-15)14-21-16(2)19-9-5-7-18-6-3-4-8-20(18)19/h3-9,15-17,21H,10-14H2,1-2H3. The van der Waals surface area contributed by atoms with Gasteiger partial charge in [-0.05, 0) is 54.5 Å². The SMILES string of the molecule is CC1CCC(CNC(C)c2cccc3ccccc23)CC1. The Labute approximate surface area is 128 Å². The number of hydrogen-bond acceptors (Lipinski definition) is 1. The Balaban J connectivity index is 1.65. The summed E-state index contributed by atoms with van der Waals surface area (Å²) >= 11 is 0. The van der Waals surface area contributed by atoms with Crippen molar-refractivity contribution in [2.45, 2.75) is 45.6 Å². The molecule has 0 aromatic heterocycles. The molecule has 1 nitrogen and oxygen atoms in total. The van der Waals surface area contributed by atoms with Crippen LogP contribution in [0.1, 0.15) is 51.1 Å². The number of fused-ring (bicyclic) bond motifs is 1. The quantitative estimate of drug-likeness (QED) is 0.800. The summed E-state index contributed by atoms with van der Waals surface area (Å²) in [6.07, 6.45) is 5.62. The molecular weight excluding hydrogens is 254 g/mol. The van der Waals surface area contributed by atoms with E-state index in [-0.39, 0.29) is 0 Å². The fourth-order valence-corrected chi connectivity index (χ4v) is 3.61. The third-order valence-electron chi connectivity index (χ3n) is 5.14. The number of hydrogen-bond donors (Lipinski definition) is 1. The zero-order valence-corrected chi connectivity index (χ0v) is 13.3. The maximum atomic E-state index is 3.78. The molecule has 1 aliphatic rings. The van der Waals surface area contributed by atoms with E-state index in [1.165, 1.54) is 42.0 Å². The second kappa shape index (κ2) is 6.62. The summed E-state index contributed by atoms with van der Waals surface area (Å²) in [6, 6.07) is 15.8. The third kappa shape index (κ3) is 3.47. The van der Waals surface area contributed by atoms with Crippen LogP contribution < -0.4 is 5.32 Å². The number of rotatable bonds is 4. The van der Waals surface area contributed by atoms with E-state index in [2.05, 4.69) is 61.6 Å². The van der Waals surface area contributed by atoms with Crippen LogP contribution in [0.5, 0.6) is 0 Å². The van der Waals surface area contributed by atoms with Crippen molar-refractivity contribution < 1.29 is 0 Å². The molecule has 1 atom stereocenters. The van der Waals surface area contributed by atoms with Gasteiger partial charge in [0, 0.05) is 6.04 Å². The van der Waals surface area contributed by atoms with Gasteiger partial charge in [-0.25, -0.2) is 0 Å². The minimum atomic E-state index is 0.426. The van der Waals surface area contributed by atoms with Gasteiger partial charge in [0.15, 0.2) is 0 Å². The first kappa shape index (κ1) is 14.6. The van der Waals surface area contributed by atoms with Crippen LogP contribution in [0.2, 0.25) is 0 Å². The molecule has 0 radical (unpaired) electrons. The summed E-state index contributed by atoms with van der Waals surface area (Å²) in [5.74, 6) is 1.82. The fraction of sp³-hybridized carbons (Fsp3) is 0.500. The predicted molar refractivity (Wildman–Crippen MR) is 91.5 cm³/mol. The maximum absolute atomic E-state index is 3.78. The van der Waals surface area contributed by atoms with E-state index in [4.69, 9.17) is 0 Å². The first-order chi connectivity index (χ1) is 10.2. The second-order valence-electron chi connectivity index (χ2n) is 6.82. The highest BCUT2D eigenvalue weighted by Gasteiger charge is 2.19. The summed E-state index contributed by atoms with van der Waals surface area (Å²) in [7, 11) is 0. The van der Waals surface area contributed by atoms with Gasteiger partial charge >= 0.3 is 0 Å². The Morgan fingerprint density at radius 1 is 1.00 bits per heavy atom. The monoisotopic (exact) mass is 281 g/mol. The summed E-state index contributed by atoms with van der Waals surface area (Å²) in [6.45, 7) is 5.85. The lowest BCUT2D eigenvalue weighted by molar-refractivity contribution is 0.276. The Morgan fingerprint density at radius 2 is 1.71 bits per heavy atom. The lowest BCUT2D eigenvalue weighted by Gasteiger charge is -2.28. The lowest BCUT2D eigenvalue weighted by atomic mass is 9.83. The largest absolute Gasteiger partial charge is 0.310 e. The fourth-order valence-electron chi connectivity index (χ4n) is 3.61. The molecule has 0 heterocycles. The van der Waals surface area contributed by atoms with E-state index < -0.39 is 0 Å². The second-order valence-corrected chi connectivity index (χ2v) is 6.82. The molecule has 0 spiro atoms. The van der Waals surface area contributed by atoms with Crippen LogP contribution in [0.15, 0.2) is 42.5 Å². The first-order valence-corrected chi connectivity index (χ1v) is 8.45. The summed E-state index contributed by atoms with van der Waals surface area (Å²) in [4.78, 5) is 0. The molecule has 0 saturated heterocycles. The molecule has 2 aromatic carbocycles. The van der Waals surface area contributed by atoms with Gasteiger partial charge in [0.05, 0.1) is 0 Å². The highest BCUT2D eigenvalue weighted by molar-refractivity contribution is 5.86. The Morgan fingerprint density at radius 3 is 2.52 bits per heavy atom. The van der Waals surface area contributed by atoms with E-state index in [0.29, 0.717) is 6.04 Å². The molecule has 21 heavy (non-hydrogen) atoms. The summed E-state index contributed by atoms with van der Waals surface area (Å²) < 4.78 is 0. The van der Waals surface area contributed by atoms with Crippen LogP contribution >= 0.6 is 0 Å². The molecule has 1 saturated carbocycles. The van der Waals surface area contributed by atoms with E-state index in [9.17, 15) is 0 Å². The number of benzene rings is 2. The van der Waals surface area contributed by atoms with Crippen LogP contribution in [-0.2, 0) is 0 Å². The van der Waals surface area contributed by atoms with Crippen molar-refractivity contribution in [1.82, 2.24) is 5.32 Å². The topological polar surface area (TPSA) is 12.0 Å². The van der Waals surface area contributed by atoms with Gasteiger partial charge in [-0.2, -0.15) is 0 Å². The third-order valence-corrected chi connectivity index (χ3v) is 5.14. The normalized spacial score (nSPS) is 24.1. The molecule has 1 unspecified atom stereocenters. The Kier molecular flexibility index (Phi) is 4.60. The van der Waals surface area contributed by atoms with Crippen molar-refractivity contribution in [2.24, 2.45) is 11.8 Å². The number of nitrogens with one attached hydrogen (secondary N) is 1. The van der Waals surface area contributed by atoms with Crippen molar-refractivity contribution in [2.75, 3.05) is 6.54 Å². The van der Waals surface area contributed by atoms with Gasteiger partial charge in [0.25, 0.3) is 0 Å². The van der Waals surface area contributed by atoms with Crippen molar-refractivity contribution >= 4 is 10.8 Å². The zero-order valence-electron chi connectivity index (χ0n) is 13.3. The molecule has 1 aliphatic carbocycles. The van der Waals surface area contributed by atoms with Crippen LogP contribution in [0.3, 0.4) is 0 Å². The molecular formula is C20H27N. The molecule has 0 aliphatic heterocycles. The van der Waals surface area contributed by atoms with Crippen LogP contribution in [0, 0.1) is 11.8 Å². The minimum absolute atomic E-state index is 0.426. The van der Waals surface area contributed by atoms with Gasteiger partial charge in [-0.3, -0.25) is 0 Å². The smallest absolute Gasteiger partial charge is 0.0298 e. The van der Waals surface area contributed by atoms with E-state index in [0.717, 1.165) is 18.4 Å². The van der Waals surface area contributed by atoms with E-state index in [1.54, 1.807) is 0 Å². The molecule has 2 aromatic rings. The van der Waals surface area contributed by atoms with E-state index >= 15 is 0 Å². The average Bonchev–Trinajstić information content (AvgIpc) is 2.53. The minimum Gasteiger partial charge on any atom is -0.310 e. The van der Waals surface area contributed by atoms with Gasteiger partial charge in [0.2, 0.25) is 0 Å². The molecule has 0 amide bonds. The zero-order chi connectivity index (χ0) is 14.7. The Bertz CT molecular complexity index is 576. The summed E-state index contributed by atoms with van der Waals surface area (Å²) in [5.41, 5.74) is 1.43. The molecule has 1 N–H and O–H groups in total. The van der Waals surface area contributed by atoms with Crippen LogP contribution in [0.25, 0.3) is 10.8 Å². The van der Waals surface area contributed by atoms with Crippen LogP contribution in [0.4, 0.5) is 0 Å². The van der Waals surface area contributed by atoms with Crippen LogP contribution in [-0.4, -0.2) is 6.54 Å². The molecule has 3 rings (SSSR count). The van der Waals surface area contributed by atoms with Gasteiger partial charge in [0.1, 0.15) is 0 Å². The highest BCUT2D eigenvalue weighted by atomic mass is 14.9. The predicted octanol–water partition coefficient (Wildman–Crippen LogP) is 5.32. The van der Waals surface area contributed by atoms with Gasteiger partial charge in [-0.1, -0.05) is 62.2 Å². The average molecular weight is 281 g/mol. The lowest BCUT2D eigenvalue weighted by Crippen LogP contribution is -2.28. The highest BCUT2D eigenvalue weighted by Crippen LogP contribution is 2.29. The molecule has 1 heteroatoms. The van der Waals surface area contributed by atoms with Gasteiger partial charge < -0.3 is 5.32 Å². The van der Waals surface area contributed by atoms with Crippen molar-refractivity contribution in [3.05, 3.63) is 48.0 Å². The maximum Gasteiger partial charge on any atom is 0.0298 e. The van der Waals surface area contributed by atoms with Crippen molar-refractivity contribution in [1.29, 1.82) is 0 Å². The van der Waals surface area contributed by atoms with Gasteiger partial charge in [-0.15, -0.1) is 0 Å². The van der Waals surface area contributed by atoms with Crippen molar-refractivity contribution in [3.63, 3.8) is 0 Å². The molecule has 112 valence electrons. The first-order valence-electron chi connectivity index (χ1n) is 8.45. The molecule has 1 fully saturated rings. The Hall–Kier alpha value is -1.34. The molecule has 0 bridgehead atoms. The summed E-state index contributed by atoms with van der Waals surface area (Å²) in [5, 5.41) is 6.50. The van der Waals surface area contributed by atoms with Crippen molar-refractivity contribution in [3.8, 4) is 0 Å². The van der Waals surface area contributed by atoms with E-state index in [1.807, 2.05) is 0 Å².